The van der Waals surface area contributed by atoms with Crippen LogP contribution in [0.2, 0.25) is 0 Å². The normalized spacial score (nSPS) is 11.0. The molecule has 144 valence electrons. The molecule has 2 aromatic carbocycles. The zero-order chi connectivity index (χ0) is 20.1. The van der Waals surface area contributed by atoms with Crippen LogP contribution in [0.3, 0.4) is 0 Å². The number of anilines is 1. The number of amides is 2. The first-order chi connectivity index (χ1) is 14.2. The second kappa shape index (κ2) is 8.31. The van der Waals surface area contributed by atoms with Crippen molar-refractivity contribution in [1.29, 1.82) is 0 Å². The standard InChI is InChI=1S/C23H18N2O4/c26-22(12-11-19-14-17-4-1-2-5-20(17)29-19)24-15-16-7-9-18(10-8-16)25-23(27)21-6-3-13-28-21/h1-14H,15H2,(H,24,26)(H,25,27)/b12-11+. The van der Waals surface area contributed by atoms with E-state index in [0.29, 0.717) is 18.0 Å². The lowest BCUT2D eigenvalue weighted by Crippen LogP contribution is -2.20. The molecule has 0 aliphatic rings. The molecule has 6 nitrogen and oxygen atoms in total. The van der Waals surface area contributed by atoms with Crippen molar-refractivity contribution in [3.63, 3.8) is 0 Å². The number of carbonyl (C=O) groups excluding carboxylic acids is 2. The Bertz CT molecular complexity index is 1120. The van der Waals surface area contributed by atoms with Crippen LogP contribution in [0.1, 0.15) is 21.9 Å². The number of fused-ring (bicyclic) bond motifs is 1. The predicted molar refractivity (Wildman–Crippen MR) is 110 cm³/mol. The molecule has 0 saturated carbocycles. The molecule has 4 aromatic rings. The van der Waals surface area contributed by atoms with Gasteiger partial charge in [0.15, 0.2) is 5.76 Å². The number of benzene rings is 2. The fourth-order valence-electron chi connectivity index (χ4n) is 2.80. The summed E-state index contributed by atoms with van der Waals surface area (Å²) >= 11 is 0. The Balaban J connectivity index is 1.29. The van der Waals surface area contributed by atoms with Gasteiger partial charge in [0.05, 0.1) is 6.26 Å². The van der Waals surface area contributed by atoms with Crippen molar-refractivity contribution in [2.45, 2.75) is 6.54 Å². The lowest BCUT2D eigenvalue weighted by Gasteiger charge is -2.06. The molecule has 0 unspecified atom stereocenters. The van der Waals surface area contributed by atoms with Gasteiger partial charge in [0.1, 0.15) is 11.3 Å². The minimum Gasteiger partial charge on any atom is -0.459 e. The van der Waals surface area contributed by atoms with Gasteiger partial charge in [-0.15, -0.1) is 0 Å². The van der Waals surface area contributed by atoms with Gasteiger partial charge < -0.3 is 19.5 Å². The highest BCUT2D eigenvalue weighted by molar-refractivity contribution is 6.02. The van der Waals surface area contributed by atoms with Crippen LogP contribution in [0.5, 0.6) is 0 Å². The fraction of sp³-hybridized carbons (Fsp3) is 0.0435. The zero-order valence-corrected chi connectivity index (χ0v) is 15.4. The van der Waals surface area contributed by atoms with Crippen LogP contribution in [-0.4, -0.2) is 11.8 Å². The van der Waals surface area contributed by atoms with E-state index in [1.807, 2.05) is 42.5 Å². The van der Waals surface area contributed by atoms with E-state index in [4.69, 9.17) is 8.83 Å². The van der Waals surface area contributed by atoms with Crippen molar-refractivity contribution in [3.8, 4) is 0 Å². The molecule has 0 aliphatic carbocycles. The molecule has 4 rings (SSSR count). The Hall–Kier alpha value is -4.06. The van der Waals surface area contributed by atoms with Crippen molar-refractivity contribution < 1.29 is 18.4 Å². The minimum absolute atomic E-state index is 0.222. The van der Waals surface area contributed by atoms with Gasteiger partial charge in [0, 0.05) is 23.7 Å². The Morgan fingerprint density at radius 1 is 0.966 bits per heavy atom. The number of hydrogen-bond acceptors (Lipinski definition) is 4. The number of nitrogens with one attached hydrogen (secondary N) is 2. The van der Waals surface area contributed by atoms with Gasteiger partial charge >= 0.3 is 0 Å². The lowest BCUT2D eigenvalue weighted by atomic mass is 10.2. The quantitative estimate of drug-likeness (QED) is 0.474. The lowest BCUT2D eigenvalue weighted by molar-refractivity contribution is -0.116. The molecular formula is C23H18N2O4. The monoisotopic (exact) mass is 386 g/mol. The van der Waals surface area contributed by atoms with Crippen LogP contribution in [0.15, 0.2) is 87.9 Å². The van der Waals surface area contributed by atoms with Gasteiger partial charge in [-0.25, -0.2) is 0 Å². The molecule has 0 saturated heterocycles. The molecule has 0 bridgehead atoms. The average molecular weight is 386 g/mol. The molecule has 6 heteroatoms. The highest BCUT2D eigenvalue weighted by Gasteiger charge is 2.08. The third kappa shape index (κ3) is 4.62. The number of carbonyl (C=O) groups is 2. The summed E-state index contributed by atoms with van der Waals surface area (Å²) in [5.74, 6) is 0.336. The summed E-state index contributed by atoms with van der Waals surface area (Å²) in [6.45, 7) is 0.371. The van der Waals surface area contributed by atoms with Crippen molar-refractivity contribution in [2.24, 2.45) is 0 Å². The third-order valence-electron chi connectivity index (χ3n) is 4.27. The number of hydrogen-bond donors (Lipinski definition) is 2. The molecule has 0 atom stereocenters. The second-order valence-electron chi connectivity index (χ2n) is 6.37. The van der Waals surface area contributed by atoms with Crippen LogP contribution >= 0.6 is 0 Å². The van der Waals surface area contributed by atoms with Crippen LogP contribution in [-0.2, 0) is 11.3 Å². The maximum Gasteiger partial charge on any atom is 0.291 e. The summed E-state index contributed by atoms with van der Waals surface area (Å²) in [6.07, 6.45) is 4.53. The molecule has 0 radical (unpaired) electrons. The van der Waals surface area contributed by atoms with Gasteiger partial charge in [-0.2, -0.15) is 0 Å². The van der Waals surface area contributed by atoms with E-state index in [9.17, 15) is 9.59 Å². The highest BCUT2D eigenvalue weighted by Crippen LogP contribution is 2.19. The Morgan fingerprint density at radius 3 is 2.55 bits per heavy atom. The molecule has 2 N–H and O–H groups in total. The molecule has 2 amide bonds. The van der Waals surface area contributed by atoms with E-state index in [2.05, 4.69) is 10.6 Å². The highest BCUT2D eigenvalue weighted by atomic mass is 16.3. The topological polar surface area (TPSA) is 84.5 Å². The van der Waals surface area contributed by atoms with Gasteiger partial charge in [0.2, 0.25) is 5.91 Å². The summed E-state index contributed by atoms with van der Waals surface area (Å²) in [5, 5.41) is 6.55. The summed E-state index contributed by atoms with van der Waals surface area (Å²) < 4.78 is 10.7. The maximum atomic E-state index is 12.0. The summed E-state index contributed by atoms with van der Waals surface area (Å²) in [7, 11) is 0. The molecular weight excluding hydrogens is 368 g/mol. The van der Waals surface area contributed by atoms with Crippen molar-refractivity contribution >= 4 is 34.5 Å². The fourth-order valence-corrected chi connectivity index (χ4v) is 2.80. The second-order valence-corrected chi connectivity index (χ2v) is 6.37. The maximum absolute atomic E-state index is 12.0. The van der Waals surface area contributed by atoms with Crippen molar-refractivity contribution in [3.05, 3.63) is 96.2 Å². The van der Waals surface area contributed by atoms with Gasteiger partial charge in [-0.1, -0.05) is 30.3 Å². The van der Waals surface area contributed by atoms with Crippen LogP contribution in [0.25, 0.3) is 17.0 Å². The smallest absolute Gasteiger partial charge is 0.291 e. The van der Waals surface area contributed by atoms with Gasteiger partial charge in [-0.3, -0.25) is 9.59 Å². The number of para-hydroxylation sites is 1. The van der Waals surface area contributed by atoms with E-state index in [0.717, 1.165) is 16.5 Å². The van der Waals surface area contributed by atoms with Crippen LogP contribution in [0, 0.1) is 0 Å². The third-order valence-corrected chi connectivity index (χ3v) is 4.27. The Kier molecular flexibility index (Phi) is 5.25. The van der Waals surface area contributed by atoms with Crippen molar-refractivity contribution in [1.82, 2.24) is 5.32 Å². The summed E-state index contributed by atoms with van der Waals surface area (Å²) in [6, 6.07) is 20.0. The summed E-state index contributed by atoms with van der Waals surface area (Å²) in [5.41, 5.74) is 2.34. The molecule has 29 heavy (non-hydrogen) atoms. The zero-order valence-electron chi connectivity index (χ0n) is 15.4. The summed E-state index contributed by atoms with van der Waals surface area (Å²) in [4.78, 5) is 24.0. The molecule has 0 aliphatic heterocycles. The Labute approximate surface area is 166 Å². The molecule has 2 heterocycles. The minimum atomic E-state index is -0.313. The van der Waals surface area contributed by atoms with Crippen LogP contribution in [0.4, 0.5) is 5.69 Å². The Morgan fingerprint density at radius 2 is 1.79 bits per heavy atom. The van der Waals surface area contributed by atoms with E-state index in [1.54, 1.807) is 30.3 Å². The van der Waals surface area contributed by atoms with E-state index < -0.39 is 0 Å². The average Bonchev–Trinajstić information content (AvgIpc) is 3.41. The number of furan rings is 2. The molecule has 0 fully saturated rings. The van der Waals surface area contributed by atoms with E-state index in [1.165, 1.54) is 12.3 Å². The first kappa shape index (κ1) is 18.3. The molecule has 2 aromatic heterocycles. The van der Waals surface area contributed by atoms with Crippen LogP contribution < -0.4 is 10.6 Å². The predicted octanol–water partition coefficient (Wildman–Crippen LogP) is 4.61. The van der Waals surface area contributed by atoms with E-state index in [-0.39, 0.29) is 17.6 Å². The first-order valence-electron chi connectivity index (χ1n) is 9.06. The SMILES string of the molecule is O=C(/C=C/c1cc2ccccc2o1)NCc1ccc(NC(=O)c2ccco2)cc1. The number of rotatable bonds is 6. The van der Waals surface area contributed by atoms with Gasteiger partial charge in [0.25, 0.3) is 5.91 Å². The first-order valence-corrected chi connectivity index (χ1v) is 9.06. The van der Waals surface area contributed by atoms with Crippen molar-refractivity contribution in [2.75, 3.05) is 5.32 Å². The largest absolute Gasteiger partial charge is 0.459 e. The van der Waals surface area contributed by atoms with E-state index >= 15 is 0 Å². The molecule has 0 spiro atoms. The van der Waals surface area contributed by atoms with Gasteiger partial charge in [-0.05, 0) is 48.0 Å².